The highest BCUT2D eigenvalue weighted by atomic mass is 35.5. The molecule has 0 unspecified atom stereocenters. The van der Waals surface area contributed by atoms with Gasteiger partial charge in [-0.15, -0.1) is 0 Å². The Balaban J connectivity index is 1.71. The van der Waals surface area contributed by atoms with Gasteiger partial charge in [-0.25, -0.2) is 4.98 Å². The zero-order valence-electron chi connectivity index (χ0n) is 17.7. The van der Waals surface area contributed by atoms with E-state index in [-0.39, 0.29) is 17.0 Å². The van der Waals surface area contributed by atoms with Crippen LogP contribution in [-0.2, 0) is 13.5 Å². The molecule has 0 atom stereocenters. The molecule has 0 saturated carbocycles. The third-order valence-corrected chi connectivity index (χ3v) is 4.14. The highest BCUT2D eigenvalue weighted by molar-refractivity contribution is 6.30. The van der Waals surface area contributed by atoms with E-state index in [2.05, 4.69) is 15.0 Å². The molecule has 0 aliphatic heterocycles. The molecule has 0 amide bonds. The van der Waals surface area contributed by atoms with Crippen molar-refractivity contribution >= 4 is 28.3 Å². The van der Waals surface area contributed by atoms with Crippen molar-refractivity contribution in [2.24, 2.45) is 7.05 Å². The van der Waals surface area contributed by atoms with E-state index in [0.29, 0.717) is 11.2 Å². The lowest BCUT2D eigenvalue weighted by molar-refractivity contribution is 0.0992. The Bertz CT molecular complexity index is 1290. The van der Waals surface area contributed by atoms with Crippen LogP contribution in [0.2, 0.25) is 5.02 Å². The number of carbonyl (C=O) groups excluding carboxylic acids is 1. The molecular formula is C20H15ClN4O. The Kier molecular flexibility index (Phi) is 3.17. The van der Waals surface area contributed by atoms with Crippen LogP contribution in [0.25, 0.3) is 22.2 Å². The van der Waals surface area contributed by atoms with Gasteiger partial charge in [-0.2, -0.15) is 0 Å². The van der Waals surface area contributed by atoms with Gasteiger partial charge in [0.1, 0.15) is 0 Å². The summed E-state index contributed by atoms with van der Waals surface area (Å²) in [5, 5.41) is 0.473. The Morgan fingerprint density at radius 1 is 1.15 bits per heavy atom. The van der Waals surface area contributed by atoms with Crippen molar-refractivity contribution in [1.82, 2.24) is 19.5 Å². The van der Waals surface area contributed by atoms with Crippen LogP contribution in [0.5, 0.6) is 0 Å². The summed E-state index contributed by atoms with van der Waals surface area (Å²) in [7, 11) is 1.88. The van der Waals surface area contributed by atoms with Crippen LogP contribution in [-0.4, -0.2) is 25.3 Å². The number of ketones is 1. The molecule has 0 N–H and O–H groups in total. The minimum Gasteiger partial charge on any atom is -0.334 e. The highest BCUT2D eigenvalue weighted by Crippen LogP contribution is 2.22. The van der Waals surface area contributed by atoms with E-state index in [4.69, 9.17) is 17.1 Å². The maximum absolute atomic E-state index is 12.8. The lowest BCUT2D eigenvalue weighted by Crippen LogP contribution is -2.05. The number of fused-ring (bicyclic) bond motifs is 1. The molecule has 26 heavy (non-hydrogen) atoms. The van der Waals surface area contributed by atoms with Crippen LogP contribution in [0, 0.1) is 0 Å². The van der Waals surface area contributed by atoms with Crippen molar-refractivity contribution in [3.05, 3.63) is 77.5 Å². The van der Waals surface area contributed by atoms with E-state index in [0.717, 1.165) is 16.6 Å². The summed E-state index contributed by atoms with van der Waals surface area (Å²) in [6.45, 7) is 0. The molecule has 1 aromatic carbocycles. The van der Waals surface area contributed by atoms with Gasteiger partial charge in [0.2, 0.25) is 0 Å². The fourth-order valence-corrected chi connectivity index (χ4v) is 2.73. The van der Waals surface area contributed by atoms with E-state index >= 15 is 0 Å². The molecule has 0 saturated heterocycles. The number of rotatable bonds is 4. The van der Waals surface area contributed by atoms with Crippen LogP contribution >= 0.6 is 11.6 Å². The van der Waals surface area contributed by atoms with Crippen molar-refractivity contribution in [3.8, 4) is 11.3 Å². The molecule has 0 fully saturated rings. The van der Waals surface area contributed by atoms with Gasteiger partial charge < -0.3 is 4.57 Å². The lowest BCUT2D eigenvalue weighted by Gasteiger charge is -2.06. The second kappa shape index (κ2) is 6.69. The summed E-state index contributed by atoms with van der Waals surface area (Å²) in [6, 6.07) is 1.88. The SMILES string of the molecule is [2H]c1c([2H])c(C(=O)Cc2cc3cc(-c4cncn4C)cnc3cn2)c([2H])c([2H])c1Cl. The molecular weight excluding hydrogens is 348 g/mol. The molecule has 3 heterocycles. The fraction of sp³-hybridized carbons (Fsp3) is 0.100. The maximum Gasteiger partial charge on any atom is 0.168 e. The molecule has 0 aliphatic carbocycles. The first-order chi connectivity index (χ1) is 14.3. The van der Waals surface area contributed by atoms with Gasteiger partial charge in [0.25, 0.3) is 0 Å². The number of halogens is 1. The Morgan fingerprint density at radius 3 is 2.69 bits per heavy atom. The van der Waals surface area contributed by atoms with E-state index in [1.165, 1.54) is 0 Å². The van der Waals surface area contributed by atoms with E-state index in [1.807, 2.05) is 17.7 Å². The predicted molar refractivity (Wildman–Crippen MR) is 101 cm³/mol. The van der Waals surface area contributed by atoms with Gasteiger partial charge in [-0.1, -0.05) is 11.6 Å². The largest absolute Gasteiger partial charge is 0.334 e. The summed E-state index contributed by atoms with van der Waals surface area (Å²) >= 11 is 5.81. The number of benzene rings is 1. The van der Waals surface area contributed by atoms with E-state index in [9.17, 15) is 4.79 Å². The van der Waals surface area contributed by atoms with Gasteiger partial charge in [0.15, 0.2) is 5.78 Å². The lowest BCUT2D eigenvalue weighted by atomic mass is 10.0. The molecule has 0 spiro atoms. The number of aromatic nitrogens is 4. The number of carbonyl (C=O) groups is 1. The molecule has 0 aliphatic rings. The zero-order valence-corrected chi connectivity index (χ0v) is 14.5. The van der Waals surface area contributed by atoms with Gasteiger partial charge in [0.05, 0.1) is 41.8 Å². The molecule has 5 nitrogen and oxygen atoms in total. The van der Waals surface area contributed by atoms with E-state index in [1.54, 1.807) is 31.0 Å². The topological polar surface area (TPSA) is 60.7 Å². The summed E-state index contributed by atoms with van der Waals surface area (Å²) in [5.41, 5.74) is 2.56. The van der Waals surface area contributed by atoms with Gasteiger partial charge >= 0.3 is 0 Å². The first-order valence-corrected chi connectivity index (χ1v) is 8.16. The summed E-state index contributed by atoms with van der Waals surface area (Å²) in [6.07, 6.45) is 6.54. The Morgan fingerprint density at radius 2 is 1.96 bits per heavy atom. The predicted octanol–water partition coefficient (Wildman–Crippen LogP) is 4.11. The average Bonchev–Trinajstić information content (AvgIpc) is 3.16. The van der Waals surface area contributed by atoms with Gasteiger partial charge in [0, 0.05) is 40.5 Å². The molecule has 4 aromatic rings. The molecule has 6 heteroatoms. The number of aryl methyl sites for hydroxylation is 1. The molecule has 0 radical (unpaired) electrons. The van der Waals surface area contributed by atoms with Crippen LogP contribution in [0.15, 0.2) is 61.2 Å². The molecule has 3 aromatic heterocycles. The first-order valence-electron chi connectivity index (χ1n) is 9.78. The van der Waals surface area contributed by atoms with Crippen molar-refractivity contribution in [3.63, 3.8) is 0 Å². The summed E-state index contributed by atoms with van der Waals surface area (Å²) < 4.78 is 33.5. The van der Waals surface area contributed by atoms with Crippen molar-refractivity contribution < 1.29 is 10.3 Å². The first kappa shape index (κ1) is 12.3. The fourth-order valence-electron chi connectivity index (χ4n) is 2.64. The van der Waals surface area contributed by atoms with Crippen molar-refractivity contribution in [2.45, 2.75) is 6.42 Å². The van der Waals surface area contributed by atoms with E-state index < -0.39 is 30.0 Å². The van der Waals surface area contributed by atoms with Crippen LogP contribution < -0.4 is 0 Å². The summed E-state index contributed by atoms with van der Waals surface area (Å²) in [4.78, 5) is 25.6. The molecule has 4 rings (SSSR count). The minimum absolute atomic E-state index is 0.176. The molecule has 128 valence electrons. The van der Waals surface area contributed by atoms with Crippen molar-refractivity contribution in [1.29, 1.82) is 0 Å². The number of hydrogen-bond donors (Lipinski definition) is 0. The maximum atomic E-state index is 12.8. The van der Waals surface area contributed by atoms with Crippen LogP contribution in [0.1, 0.15) is 21.5 Å². The molecule has 0 bridgehead atoms. The number of pyridine rings is 2. The normalized spacial score (nSPS) is 13.2. The zero-order chi connectivity index (χ0) is 21.6. The standard InChI is InChI=1S/C20H15ClN4O/c1-25-12-22-11-19(25)15-6-14-7-17(23-10-18(14)24-9-15)8-20(26)13-2-4-16(21)5-3-13/h2-7,9-12H,8H2,1H3/i2D,3D,4D,5D. The summed E-state index contributed by atoms with van der Waals surface area (Å²) in [5.74, 6) is -0.564. The van der Waals surface area contributed by atoms with Gasteiger partial charge in [-0.05, 0) is 36.3 Å². The third kappa shape index (κ3) is 3.21. The second-order valence-electron chi connectivity index (χ2n) is 5.77. The third-order valence-electron chi connectivity index (χ3n) is 3.95. The monoisotopic (exact) mass is 366 g/mol. The van der Waals surface area contributed by atoms with Crippen LogP contribution in [0.3, 0.4) is 0 Å². The average molecular weight is 367 g/mol. The second-order valence-corrected chi connectivity index (χ2v) is 6.15. The number of nitrogens with zero attached hydrogens (tertiary/aromatic N) is 4. The number of imidazole rings is 1. The Hall–Kier alpha value is -3.05. The smallest absolute Gasteiger partial charge is 0.168 e. The van der Waals surface area contributed by atoms with Gasteiger partial charge in [-0.3, -0.25) is 14.8 Å². The number of Topliss-reactive ketones (excluding diaryl/α,β-unsaturated/α-hetero) is 1. The van der Waals surface area contributed by atoms with Crippen LogP contribution in [0.4, 0.5) is 0 Å². The van der Waals surface area contributed by atoms with Crippen molar-refractivity contribution in [2.75, 3.05) is 0 Å². The quantitative estimate of drug-likeness (QED) is 0.510. The highest BCUT2D eigenvalue weighted by Gasteiger charge is 2.10. The Labute approximate surface area is 160 Å². The number of hydrogen-bond acceptors (Lipinski definition) is 4. The minimum atomic E-state index is -0.564.